The van der Waals surface area contributed by atoms with Crippen LogP contribution in [0.5, 0.6) is 0 Å². The number of fused-ring (bicyclic) bond motifs is 4. The molecular weight excluding hydrogens is 725 g/mol. The van der Waals surface area contributed by atoms with E-state index in [1.165, 1.54) is 65.3 Å². The summed E-state index contributed by atoms with van der Waals surface area (Å²) in [5, 5.41) is 9.85. The average Bonchev–Trinajstić information content (AvgIpc) is 3.32. The van der Waals surface area contributed by atoms with E-state index in [0.717, 1.165) is 34.1 Å². The van der Waals surface area contributed by atoms with E-state index in [1.807, 2.05) is 0 Å². The van der Waals surface area contributed by atoms with Crippen LogP contribution in [0.25, 0.3) is 65.3 Å². The molecule has 0 atom stereocenters. The molecule has 0 heterocycles. The Kier molecular flexibility index (Phi) is 8.87. The summed E-state index contributed by atoms with van der Waals surface area (Å²) < 4.78 is 0. The fourth-order valence-corrected chi connectivity index (χ4v) is 9.12. The molecule has 60 heavy (non-hydrogen) atoms. The maximum atomic E-state index is 2.41. The molecule has 11 aromatic carbocycles. The van der Waals surface area contributed by atoms with Crippen molar-refractivity contribution < 1.29 is 0 Å². The van der Waals surface area contributed by atoms with Gasteiger partial charge in [-0.15, -0.1) is 0 Å². The number of hydrogen-bond donors (Lipinski definition) is 0. The van der Waals surface area contributed by atoms with Crippen molar-refractivity contribution in [3.8, 4) is 22.3 Å². The number of rotatable bonds is 8. The molecule has 282 valence electrons. The molecule has 0 spiro atoms. The lowest BCUT2D eigenvalue weighted by atomic mass is 9.86. The third-order valence-electron chi connectivity index (χ3n) is 11.8. The summed E-state index contributed by atoms with van der Waals surface area (Å²) >= 11 is 0. The molecule has 0 aliphatic carbocycles. The van der Waals surface area contributed by atoms with Crippen LogP contribution in [0.4, 0.5) is 34.1 Å². The predicted octanol–water partition coefficient (Wildman–Crippen LogP) is 16.6. The van der Waals surface area contributed by atoms with E-state index < -0.39 is 0 Å². The van der Waals surface area contributed by atoms with Gasteiger partial charge >= 0.3 is 0 Å². The van der Waals surface area contributed by atoms with Gasteiger partial charge in [0.1, 0.15) is 0 Å². The summed E-state index contributed by atoms with van der Waals surface area (Å²) in [6.45, 7) is 0. The van der Waals surface area contributed by atoms with Crippen LogP contribution < -0.4 is 9.80 Å². The molecule has 0 saturated heterocycles. The smallest absolute Gasteiger partial charge is 0.0540 e. The van der Waals surface area contributed by atoms with E-state index in [2.05, 4.69) is 252 Å². The fraction of sp³-hybridized carbons (Fsp3) is 0. The first-order chi connectivity index (χ1) is 29.8. The van der Waals surface area contributed by atoms with Crippen molar-refractivity contribution in [3.63, 3.8) is 0 Å². The van der Waals surface area contributed by atoms with E-state index in [9.17, 15) is 0 Å². The quantitative estimate of drug-likeness (QED) is 0.142. The molecular formula is C58H40N2. The lowest BCUT2D eigenvalue weighted by molar-refractivity contribution is 1.27. The maximum Gasteiger partial charge on any atom is 0.0540 e. The molecule has 0 fully saturated rings. The molecule has 0 amide bonds. The summed E-state index contributed by atoms with van der Waals surface area (Å²) in [5.41, 5.74) is 11.6. The number of anilines is 6. The van der Waals surface area contributed by atoms with E-state index in [0.29, 0.717) is 0 Å². The summed E-state index contributed by atoms with van der Waals surface area (Å²) in [7, 11) is 0. The number of benzene rings is 11. The Labute approximate surface area is 350 Å². The molecule has 0 radical (unpaired) electrons. The molecule has 0 aliphatic rings. The van der Waals surface area contributed by atoms with Crippen LogP contribution in [0.1, 0.15) is 0 Å². The Bertz CT molecular complexity index is 3150. The molecule has 0 aliphatic heterocycles. The fourth-order valence-electron chi connectivity index (χ4n) is 9.12. The van der Waals surface area contributed by atoms with Crippen molar-refractivity contribution in [1.82, 2.24) is 0 Å². The average molecular weight is 765 g/mol. The maximum absolute atomic E-state index is 2.41. The van der Waals surface area contributed by atoms with Gasteiger partial charge in [-0.05, 0) is 115 Å². The van der Waals surface area contributed by atoms with Gasteiger partial charge in [-0.25, -0.2) is 0 Å². The van der Waals surface area contributed by atoms with Crippen LogP contribution in [0.3, 0.4) is 0 Å². The number of nitrogens with zero attached hydrogens (tertiary/aromatic N) is 2. The minimum atomic E-state index is 1.08. The van der Waals surface area contributed by atoms with E-state index in [4.69, 9.17) is 0 Å². The molecule has 0 unspecified atom stereocenters. The third kappa shape index (κ3) is 6.14. The molecule has 2 nitrogen and oxygen atoms in total. The van der Waals surface area contributed by atoms with Gasteiger partial charge in [-0.3, -0.25) is 0 Å². The Hall–Kier alpha value is -7.94. The minimum Gasteiger partial charge on any atom is -0.311 e. The summed E-state index contributed by atoms with van der Waals surface area (Å²) in [6, 6.07) is 87.8. The van der Waals surface area contributed by atoms with Crippen molar-refractivity contribution in [2.75, 3.05) is 9.80 Å². The van der Waals surface area contributed by atoms with Crippen LogP contribution >= 0.6 is 0 Å². The Morgan fingerprint density at radius 2 is 0.517 bits per heavy atom. The van der Waals surface area contributed by atoms with Crippen LogP contribution in [0.2, 0.25) is 0 Å². The first-order valence-corrected chi connectivity index (χ1v) is 20.6. The van der Waals surface area contributed by atoms with Crippen molar-refractivity contribution in [2.24, 2.45) is 0 Å². The molecule has 0 N–H and O–H groups in total. The minimum absolute atomic E-state index is 1.08. The molecule has 2 heteroatoms. The SMILES string of the molecule is c1ccc(-c2c3ccccc3c(-c3ccc(N(c4ccccc4)c4ccc(N(c5cccc6ccccc56)c5cccc6ccccc56)cc4)cc3)c3ccccc23)cc1. The second-order valence-electron chi connectivity index (χ2n) is 15.3. The molecule has 11 rings (SSSR count). The second-order valence-corrected chi connectivity index (χ2v) is 15.3. The monoisotopic (exact) mass is 764 g/mol. The number of hydrogen-bond acceptors (Lipinski definition) is 2. The van der Waals surface area contributed by atoms with Crippen molar-refractivity contribution in [1.29, 1.82) is 0 Å². The van der Waals surface area contributed by atoms with Crippen LogP contribution in [-0.4, -0.2) is 0 Å². The van der Waals surface area contributed by atoms with E-state index >= 15 is 0 Å². The lowest BCUT2D eigenvalue weighted by Crippen LogP contribution is -2.12. The van der Waals surface area contributed by atoms with Crippen LogP contribution in [0, 0.1) is 0 Å². The zero-order valence-electron chi connectivity index (χ0n) is 33.0. The van der Waals surface area contributed by atoms with Crippen LogP contribution in [0.15, 0.2) is 243 Å². The van der Waals surface area contributed by atoms with Crippen LogP contribution in [-0.2, 0) is 0 Å². The van der Waals surface area contributed by atoms with Gasteiger partial charge in [0.2, 0.25) is 0 Å². The largest absolute Gasteiger partial charge is 0.311 e. The van der Waals surface area contributed by atoms with Gasteiger partial charge in [0.25, 0.3) is 0 Å². The van der Waals surface area contributed by atoms with Crippen molar-refractivity contribution in [2.45, 2.75) is 0 Å². The Morgan fingerprint density at radius 1 is 0.200 bits per heavy atom. The highest BCUT2D eigenvalue weighted by molar-refractivity contribution is 6.21. The second kappa shape index (κ2) is 15.1. The standard InChI is InChI=1S/C58H40N2/c1-3-19-43(20-4-1)57-51-27-11-13-29-53(51)58(54-30-14-12-28-52(54)57)44-33-35-46(36-34-44)59(45-23-5-2-6-24-45)47-37-39-48(40-38-47)60(55-31-15-21-41-17-7-9-25-49(41)55)56-32-16-22-42-18-8-10-26-50(42)56/h1-40H. The zero-order valence-corrected chi connectivity index (χ0v) is 33.0. The highest BCUT2D eigenvalue weighted by atomic mass is 15.2. The summed E-state index contributed by atoms with van der Waals surface area (Å²) in [6.07, 6.45) is 0. The summed E-state index contributed by atoms with van der Waals surface area (Å²) in [5.74, 6) is 0. The lowest BCUT2D eigenvalue weighted by Gasteiger charge is -2.30. The highest BCUT2D eigenvalue weighted by Crippen LogP contribution is 2.46. The van der Waals surface area contributed by atoms with E-state index in [1.54, 1.807) is 0 Å². The molecule has 11 aromatic rings. The van der Waals surface area contributed by atoms with Gasteiger partial charge in [0.15, 0.2) is 0 Å². The van der Waals surface area contributed by atoms with Crippen molar-refractivity contribution >= 4 is 77.2 Å². The Morgan fingerprint density at radius 3 is 0.983 bits per heavy atom. The van der Waals surface area contributed by atoms with Crippen molar-refractivity contribution in [3.05, 3.63) is 243 Å². The number of para-hydroxylation sites is 1. The third-order valence-corrected chi connectivity index (χ3v) is 11.8. The van der Waals surface area contributed by atoms with Gasteiger partial charge < -0.3 is 9.80 Å². The highest BCUT2D eigenvalue weighted by Gasteiger charge is 2.20. The van der Waals surface area contributed by atoms with Gasteiger partial charge in [0, 0.05) is 33.5 Å². The molecule has 0 saturated carbocycles. The zero-order chi connectivity index (χ0) is 39.8. The van der Waals surface area contributed by atoms with Gasteiger partial charge in [-0.1, -0.05) is 182 Å². The first-order valence-electron chi connectivity index (χ1n) is 20.6. The van der Waals surface area contributed by atoms with Gasteiger partial charge in [0.05, 0.1) is 11.4 Å². The summed E-state index contributed by atoms with van der Waals surface area (Å²) in [4.78, 5) is 4.76. The van der Waals surface area contributed by atoms with Gasteiger partial charge in [-0.2, -0.15) is 0 Å². The molecule has 0 bridgehead atoms. The first kappa shape index (κ1) is 35.2. The normalized spacial score (nSPS) is 11.3. The predicted molar refractivity (Wildman–Crippen MR) is 257 cm³/mol. The Balaban J connectivity index is 1.03. The topological polar surface area (TPSA) is 6.48 Å². The van der Waals surface area contributed by atoms with E-state index in [-0.39, 0.29) is 0 Å². The molecule has 0 aromatic heterocycles.